The van der Waals surface area contributed by atoms with Gasteiger partial charge in [0.2, 0.25) is 0 Å². The lowest BCUT2D eigenvalue weighted by Gasteiger charge is -2.39. The summed E-state index contributed by atoms with van der Waals surface area (Å²) in [5.41, 5.74) is 0.525. The maximum absolute atomic E-state index is 12.0. The van der Waals surface area contributed by atoms with Gasteiger partial charge in [0.05, 0.1) is 0 Å². The first-order valence-electron chi connectivity index (χ1n) is 9.17. The summed E-state index contributed by atoms with van der Waals surface area (Å²) in [6, 6.07) is 2.47. The molecule has 2 unspecified atom stereocenters. The zero-order chi connectivity index (χ0) is 18.8. The molecular formula is C19H32N4O2. The summed E-state index contributed by atoms with van der Waals surface area (Å²) in [5, 5.41) is 3.00. The number of alkyl carbamates (subject to hydrolysis) is 1. The quantitative estimate of drug-likeness (QED) is 0.900. The van der Waals surface area contributed by atoms with Crippen LogP contribution in [0.15, 0.2) is 6.07 Å². The molecule has 1 aromatic heterocycles. The predicted molar refractivity (Wildman–Crippen MR) is 100 cm³/mol. The van der Waals surface area contributed by atoms with Gasteiger partial charge in [-0.1, -0.05) is 13.8 Å². The smallest absolute Gasteiger partial charge is 0.407 e. The van der Waals surface area contributed by atoms with Crippen molar-refractivity contribution >= 4 is 11.9 Å². The Labute approximate surface area is 151 Å². The number of carbonyl (C=O) groups is 1. The molecule has 1 N–H and O–H groups in total. The van der Waals surface area contributed by atoms with E-state index in [0.29, 0.717) is 12.0 Å². The van der Waals surface area contributed by atoms with Gasteiger partial charge in [-0.15, -0.1) is 0 Å². The monoisotopic (exact) mass is 348 g/mol. The SMILES string of the molecule is Cc1cc(N2CCC(NC(=O)OC(C)(C)C)CC2C)nc(C(C)C)n1. The van der Waals surface area contributed by atoms with Gasteiger partial charge in [-0.3, -0.25) is 0 Å². The van der Waals surface area contributed by atoms with Crippen LogP contribution in [0.1, 0.15) is 71.8 Å². The Morgan fingerprint density at radius 1 is 1.36 bits per heavy atom. The molecule has 1 fully saturated rings. The molecule has 1 amide bonds. The van der Waals surface area contributed by atoms with E-state index in [1.807, 2.05) is 33.8 Å². The molecule has 1 aromatic rings. The van der Waals surface area contributed by atoms with E-state index in [1.54, 1.807) is 0 Å². The number of carbonyl (C=O) groups excluding carboxylic acids is 1. The van der Waals surface area contributed by atoms with Crippen LogP contribution in [0.2, 0.25) is 0 Å². The largest absolute Gasteiger partial charge is 0.444 e. The fourth-order valence-electron chi connectivity index (χ4n) is 3.10. The Bertz CT molecular complexity index is 610. The second-order valence-corrected chi connectivity index (χ2v) is 8.29. The summed E-state index contributed by atoms with van der Waals surface area (Å²) in [6.07, 6.45) is 1.42. The first kappa shape index (κ1) is 19.5. The summed E-state index contributed by atoms with van der Waals surface area (Å²) < 4.78 is 5.36. The summed E-state index contributed by atoms with van der Waals surface area (Å²) in [5.74, 6) is 2.18. The number of hydrogen-bond acceptors (Lipinski definition) is 5. The number of aromatic nitrogens is 2. The highest BCUT2D eigenvalue weighted by Gasteiger charge is 2.29. The van der Waals surface area contributed by atoms with Crippen LogP contribution in [-0.4, -0.2) is 40.3 Å². The summed E-state index contributed by atoms with van der Waals surface area (Å²) in [6.45, 7) is 14.9. The van der Waals surface area contributed by atoms with Crippen LogP contribution >= 0.6 is 0 Å². The molecule has 25 heavy (non-hydrogen) atoms. The molecule has 140 valence electrons. The lowest BCUT2D eigenvalue weighted by atomic mass is 9.98. The molecule has 0 aliphatic carbocycles. The molecule has 0 spiro atoms. The number of piperidine rings is 1. The molecule has 0 radical (unpaired) electrons. The van der Waals surface area contributed by atoms with Gasteiger partial charge in [0.15, 0.2) is 0 Å². The minimum Gasteiger partial charge on any atom is -0.444 e. The minimum absolute atomic E-state index is 0.133. The molecular weight excluding hydrogens is 316 g/mol. The molecule has 1 aliphatic rings. The van der Waals surface area contributed by atoms with Crippen molar-refractivity contribution in [1.29, 1.82) is 0 Å². The van der Waals surface area contributed by atoms with Gasteiger partial charge in [-0.2, -0.15) is 0 Å². The normalized spacial score (nSPS) is 21.4. The van der Waals surface area contributed by atoms with E-state index in [-0.39, 0.29) is 12.1 Å². The van der Waals surface area contributed by atoms with Crippen molar-refractivity contribution in [1.82, 2.24) is 15.3 Å². The lowest BCUT2D eigenvalue weighted by Crippen LogP contribution is -2.50. The zero-order valence-corrected chi connectivity index (χ0v) is 16.6. The van der Waals surface area contributed by atoms with Crippen LogP contribution in [0.3, 0.4) is 0 Å². The van der Waals surface area contributed by atoms with E-state index in [0.717, 1.165) is 36.7 Å². The lowest BCUT2D eigenvalue weighted by molar-refractivity contribution is 0.0494. The summed E-state index contributed by atoms with van der Waals surface area (Å²) in [4.78, 5) is 23.6. The van der Waals surface area contributed by atoms with Crippen LogP contribution in [0.4, 0.5) is 10.6 Å². The molecule has 2 rings (SSSR count). The van der Waals surface area contributed by atoms with Crippen LogP contribution in [0.5, 0.6) is 0 Å². The van der Waals surface area contributed by atoms with E-state index < -0.39 is 5.60 Å². The van der Waals surface area contributed by atoms with E-state index >= 15 is 0 Å². The fraction of sp³-hybridized carbons (Fsp3) is 0.737. The van der Waals surface area contributed by atoms with Crippen LogP contribution in [0, 0.1) is 6.92 Å². The van der Waals surface area contributed by atoms with Gasteiger partial charge in [-0.05, 0) is 47.5 Å². The van der Waals surface area contributed by atoms with E-state index in [9.17, 15) is 4.79 Å². The second-order valence-electron chi connectivity index (χ2n) is 8.29. The van der Waals surface area contributed by atoms with Crippen molar-refractivity contribution in [3.8, 4) is 0 Å². The molecule has 0 saturated carbocycles. The number of aryl methyl sites for hydroxylation is 1. The molecule has 1 saturated heterocycles. The minimum atomic E-state index is -0.470. The van der Waals surface area contributed by atoms with Gasteiger partial charge in [0.25, 0.3) is 0 Å². The number of ether oxygens (including phenoxy) is 1. The van der Waals surface area contributed by atoms with Gasteiger partial charge < -0.3 is 15.0 Å². The van der Waals surface area contributed by atoms with Crippen LogP contribution in [0.25, 0.3) is 0 Å². The molecule has 1 aliphatic heterocycles. The number of nitrogens with zero attached hydrogens (tertiary/aromatic N) is 3. The van der Waals surface area contributed by atoms with Crippen LogP contribution in [-0.2, 0) is 4.74 Å². The van der Waals surface area contributed by atoms with Gasteiger partial charge in [0.1, 0.15) is 17.2 Å². The first-order valence-corrected chi connectivity index (χ1v) is 9.17. The molecule has 6 heteroatoms. The van der Waals surface area contributed by atoms with E-state index in [2.05, 4.69) is 36.0 Å². The molecule has 6 nitrogen and oxygen atoms in total. The Balaban J connectivity index is 2.01. The highest BCUT2D eigenvalue weighted by Crippen LogP contribution is 2.25. The predicted octanol–water partition coefficient (Wildman–Crippen LogP) is 3.79. The molecule has 0 aromatic carbocycles. The number of rotatable bonds is 3. The summed E-state index contributed by atoms with van der Waals surface area (Å²) >= 11 is 0. The highest BCUT2D eigenvalue weighted by atomic mass is 16.6. The van der Waals surface area contributed by atoms with Crippen molar-refractivity contribution < 1.29 is 9.53 Å². The standard InChI is InChI=1S/C19H32N4O2/c1-12(2)17-20-13(3)10-16(22-17)23-9-8-15(11-14(23)4)21-18(24)25-19(5,6)7/h10,12,14-15H,8-9,11H2,1-7H3,(H,21,24). The fourth-order valence-corrected chi connectivity index (χ4v) is 3.10. The third-order valence-electron chi connectivity index (χ3n) is 4.27. The summed E-state index contributed by atoms with van der Waals surface area (Å²) in [7, 11) is 0. The maximum atomic E-state index is 12.0. The van der Waals surface area contributed by atoms with Crippen molar-refractivity contribution in [2.45, 2.75) is 84.9 Å². The van der Waals surface area contributed by atoms with Crippen LogP contribution < -0.4 is 10.2 Å². The number of anilines is 1. The topological polar surface area (TPSA) is 67.4 Å². The highest BCUT2D eigenvalue weighted by molar-refractivity contribution is 5.68. The van der Waals surface area contributed by atoms with Crippen molar-refractivity contribution in [2.24, 2.45) is 0 Å². The van der Waals surface area contributed by atoms with Gasteiger partial charge in [0, 0.05) is 36.3 Å². The van der Waals surface area contributed by atoms with Gasteiger partial charge in [-0.25, -0.2) is 14.8 Å². The molecule has 2 atom stereocenters. The average molecular weight is 348 g/mol. The van der Waals surface area contributed by atoms with Gasteiger partial charge >= 0.3 is 6.09 Å². The van der Waals surface area contributed by atoms with Crippen molar-refractivity contribution in [2.75, 3.05) is 11.4 Å². The first-order chi connectivity index (χ1) is 11.5. The van der Waals surface area contributed by atoms with E-state index in [4.69, 9.17) is 9.72 Å². The van der Waals surface area contributed by atoms with E-state index in [1.165, 1.54) is 0 Å². The maximum Gasteiger partial charge on any atom is 0.407 e. The Morgan fingerprint density at radius 2 is 2.04 bits per heavy atom. The average Bonchev–Trinajstić information content (AvgIpc) is 2.44. The Morgan fingerprint density at radius 3 is 2.60 bits per heavy atom. The third kappa shape index (κ3) is 5.58. The number of hydrogen-bond donors (Lipinski definition) is 1. The molecule has 2 heterocycles. The second kappa shape index (κ2) is 7.58. The number of amides is 1. The Kier molecular flexibility index (Phi) is 5.91. The van der Waals surface area contributed by atoms with Crippen molar-refractivity contribution in [3.05, 3.63) is 17.6 Å². The zero-order valence-electron chi connectivity index (χ0n) is 16.6. The van der Waals surface area contributed by atoms with Crippen molar-refractivity contribution in [3.63, 3.8) is 0 Å². The third-order valence-corrected chi connectivity index (χ3v) is 4.27. The Hall–Kier alpha value is -1.85. The molecule has 0 bridgehead atoms. The number of nitrogens with one attached hydrogen (secondary N) is 1.